The zero-order chi connectivity index (χ0) is 15.4. The third-order valence-electron chi connectivity index (χ3n) is 5.35. The zero-order valence-corrected chi connectivity index (χ0v) is 13.4. The summed E-state index contributed by atoms with van der Waals surface area (Å²) in [6.45, 7) is 4.42. The third-order valence-corrected chi connectivity index (χ3v) is 5.35. The number of fused-ring (bicyclic) bond motifs is 1. The van der Waals surface area contributed by atoms with E-state index >= 15 is 0 Å². The number of hydrogen-bond acceptors (Lipinski definition) is 3. The topological polar surface area (TPSA) is 57.5 Å². The van der Waals surface area contributed by atoms with Gasteiger partial charge >= 0.3 is 0 Å². The van der Waals surface area contributed by atoms with E-state index in [1.165, 1.54) is 25.7 Å². The Balaban J connectivity index is 1.87. The molecule has 2 saturated carbocycles. The number of hydrogen-bond donors (Lipinski definition) is 2. The van der Waals surface area contributed by atoms with Crippen molar-refractivity contribution in [1.29, 1.82) is 0 Å². The molecule has 0 aromatic carbocycles. The summed E-state index contributed by atoms with van der Waals surface area (Å²) < 4.78 is 0. The molecule has 120 valence electrons. The SMILES string of the molecule is CCCCCC(C)C/C=C(/O)[C@@H]1[C@H]2CC(=O)C[C@H]2C[C@H]1O. The maximum atomic E-state index is 11.6. The van der Waals surface area contributed by atoms with Crippen LogP contribution in [0.2, 0.25) is 0 Å². The van der Waals surface area contributed by atoms with E-state index in [2.05, 4.69) is 13.8 Å². The highest BCUT2D eigenvalue weighted by Gasteiger charge is 2.49. The van der Waals surface area contributed by atoms with Gasteiger partial charge in [-0.05, 0) is 36.7 Å². The van der Waals surface area contributed by atoms with Crippen LogP contribution in [0, 0.1) is 23.7 Å². The molecule has 3 nitrogen and oxygen atoms in total. The Kier molecular flexibility index (Phi) is 5.86. The fraction of sp³-hybridized carbons (Fsp3) is 0.833. The van der Waals surface area contributed by atoms with Crippen LogP contribution >= 0.6 is 0 Å². The number of ketones is 1. The normalized spacial score (nSPS) is 34.2. The summed E-state index contributed by atoms with van der Waals surface area (Å²) in [5.74, 6) is 1.44. The van der Waals surface area contributed by atoms with E-state index in [0.29, 0.717) is 36.7 Å². The van der Waals surface area contributed by atoms with Crippen LogP contribution in [-0.4, -0.2) is 22.1 Å². The minimum absolute atomic E-state index is 0.166. The molecule has 21 heavy (non-hydrogen) atoms. The first-order valence-corrected chi connectivity index (χ1v) is 8.61. The van der Waals surface area contributed by atoms with Crippen LogP contribution in [0.25, 0.3) is 0 Å². The molecule has 0 aromatic rings. The number of aliphatic hydroxyl groups excluding tert-OH is 2. The van der Waals surface area contributed by atoms with Gasteiger partial charge in [-0.2, -0.15) is 0 Å². The van der Waals surface area contributed by atoms with Crippen molar-refractivity contribution in [2.45, 2.75) is 71.3 Å². The number of unbranched alkanes of at least 4 members (excludes halogenated alkanes) is 2. The summed E-state index contributed by atoms with van der Waals surface area (Å²) in [6.07, 6.45) is 9.04. The van der Waals surface area contributed by atoms with Crippen LogP contribution in [0.5, 0.6) is 0 Å². The molecule has 2 rings (SSSR count). The minimum Gasteiger partial charge on any atom is -0.512 e. The summed E-state index contributed by atoms with van der Waals surface area (Å²) >= 11 is 0. The molecule has 2 fully saturated rings. The van der Waals surface area contributed by atoms with Gasteiger partial charge in [-0.15, -0.1) is 0 Å². The molecular formula is C18H30O3. The molecule has 5 atom stereocenters. The molecule has 2 aliphatic carbocycles. The summed E-state index contributed by atoms with van der Waals surface area (Å²) in [4.78, 5) is 11.6. The second kappa shape index (κ2) is 7.44. The van der Waals surface area contributed by atoms with Gasteiger partial charge in [0.05, 0.1) is 11.9 Å². The average molecular weight is 294 g/mol. The predicted molar refractivity (Wildman–Crippen MR) is 84.0 cm³/mol. The number of rotatable bonds is 7. The van der Waals surface area contributed by atoms with E-state index in [1.54, 1.807) is 0 Å². The van der Waals surface area contributed by atoms with E-state index in [0.717, 1.165) is 6.42 Å². The average Bonchev–Trinajstić information content (AvgIpc) is 2.90. The van der Waals surface area contributed by atoms with Crippen molar-refractivity contribution in [2.75, 3.05) is 0 Å². The number of allylic oxidation sites excluding steroid dienone is 1. The Bertz CT molecular complexity index is 388. The largest absolute Gasteiger partial charge is 0.512 e. The van der Waals surface area contributed by atoms with Gasteiger partial charge in [-0.3, -0.25) is 4.79 Å². The first-order chi connectivity index (χ1) is 10.0. The molecular weight excluding hydrogens is 264 g/mol. The van der Waals surface area contributed by atoms with Crippen molar-refractivity contribution in [1.82, 2.24) is 0 Å². The molecule has 2 N–H and O–H groups in total. The summed E-state index contributed by atoms with van der Waals surface area (Å²) in [6, 6.07) is 0. The Hall–Kier alpha value is -0.830. The number of carbonyl (C=O) groups is 1. The first kappa shape index (κ1) is 16.5. The fourth-order valence-corrected chi connectivity index (χ4v) is 4.11. The molecule has 0 bridgehead atoms. The van der Waals surface area contributed by atoms with Crippen molar-refractivity contribution in [3.8, 4) is 0 Å². The Labute approximate surface area is 128 Å². The van der Waals surface area contributed by atoms with Crippen LogP contribution in [-0.2, 0) is 4.79 Å². The van der Waals surface area contributed by atoms with Crippen molar-refractivity contribution < 1.29 is 15.0 Å². The smallest absolute Gasteiger partial charge is 0.133 e. The van der Waals surface area contributed by atoms with Gasteiger partial charge in [0.15, 0.2) is 0 Å². The van der Waals surface area contributed by atoms with Gasteiger partial charge in [-0.25, -0.2) is 0 Å². The van der Waals surface area contributed by atoms with Crippen LogP contribution < -0.4 is 0 Å². The molecule has 0 amide bonds. The van der Waals surface area contributed by atoms with Crippen molar-refractivity contribution in [3.05, 3.63) is 11.8 Å². The minimum atomic E-state index is -0.472. The van der Waals surface area contributed by atoms with E-state index in [-0.39, 0.29) is 17.8 Å². The molecule has 0 spiro atoms. The maximum Gasteiger partial charge on any atom is 0.133 e. The van der Waals surface area contributed by atoms with E-state index in [4.69, 9.17) is 0 Å². The Morgan fingerprint density at radius 3 is 2.86 bits per heavy atom. The lowest BCUT2D eigenvalue weighted by atomic mass is 9.88. The Morgan fingerprint density at radius 2 is 2.14 bits per heavy atom. The Morgan fingerprint density at radius 1 is 1.38 bits per heavy atom. The molecule has 0 aliphatic heterocycles. The monoisotopic (exact) mass is 294 g/mol. The number of Topliss-reactive ketones (excluding diaryl/α,β-unsaturated/α-hetero) is 1. The van der Waals surface area contributed by atoms with Crippen LogP contribution in [0.4, 0.5) is 0 Å². The van der Waals surface area contributed by atoms with Gasteiger partial charge in [0.25, 0.3) is 0 Å². The first-order valence-electron chi connectivity index (χ1n) is 8.61. The molecule has 0 heterocycles. The fourth-order valence-electron chi connectivity index (χ4n) is 4.11. The summed E-state index contributed by atoms with van der Waals surface area (Å²) in [5, 5.41) is 20.5. The van der Waals surface area contributed by atoms with Gasteiger partial charge in [-0.1, -0.05) is 39.5 Å². The highest BCUT2D eigenvalue weighted by Crippen LogP contribution is 2.48. The molecule has 1 unspecified atom stereocenters. The molecule has 0 saturated heterocycles. The van der Waals surface area contributed by atoms with Gasteiger partial charge in [0, 0.05) is 18.8 Å². The number of aliphatic hydroxyl groups is 2. The van der Waals surface area contributed by atoms with Crippen LogP contribution in [0.1, 0.15) is 65.2 Å². The van der Waals surface area contributed by atoms with E-state index in [1.807, 2.05) is 6.08 Å². The lowest BCUT2D eigenvalue weighted by Gasteiger charge is -2.20. The van der Waals surface area contributed by atoms with Gasteiger partial charge in [0.2, 0.25) is 0 Å². The second-order valence-electron chi connectivity index (χ2n) is 7.17. The predicted octanol–water partition coefficient (Wildman–Crippen LogP) is 4.01. The quantitative estimate of drug-likeness (QED) is 0.551. The highest BCUT2D eigenvalue weighted by molar-refractivity contribution is 5.81. The lowest BCUT2D eigenvalue weighted by molar-refractivity contribution is -0.118. The van der Waals surface area contributed by atoms with Crippen molar-refractivity contribution in [2.24, 2.45) is 23.7 Å². The maximum absolute atomic E-state index is 11.6. The molecule has 3 heteroatoms. The molecule has 2 aliphatic rings. The van der Waals surface area contributed by atoms with E-state index in [9.17, 15) is 15.0 Å². The zero-order valence-electron chi connectivity index (χ0n) is 13.4. The summed E-state index contributed by atoms with van der Waals surface area (Å²) in [5.41, 5.74) is 0. The van der Waals surface area contributed by atoms with Crippen molar-refractivity contribution in [3.63, 3.8) is 0 Å². The van der Waals surface area contributed by atoms with Gasteiger partial charge in [0.1, 0.15) is 5.78 Å². The standard InChI is InChI=1S/C18H30O3/c1-3-4-5-6-12(2)7-8-16(20)18-15-11-14(19)9-13(15)10-17(18)21/h8,12-13,15,17-18,20-21H,3-7,9-11H2,1-2H3/b16-8+/t12?,13-,15-,17+,18-/m0/s1. The molecule has 0 radical (unpaired) electrons. The highest BCUT2D eigenvalue weighted by atomic mass is 16.3. The van der Waals surface area contributed by atoms with Gasteiger partial charge < -0.3 is 10.2 Å². The van der Waals surface area contributed by atoms with Crippen LogP contribution in [0.3, 0.4) is 0 Å². The lowest BCUT2D eigenvalue weighted by Crippen LogP contribution is -2.22. The van der Waals surface area contributed by atoms with Crippen molar-refractivity contribution >= 4 is 5.78 Å². The third kappa shape index (κ3) is 4.09. The second-order valence-corrected chi connectivity index (χ2v) is 7.17. The van der Waals surface area contributed by atoms with Crippen LogP contribution in [0.15, 0.2) is 11.8 Å². The number of carbonyl (C=O) groups excluding carboxylic acids is 1. The van der Waals surface area contributed by atoms with E-state index < -0.39 is 6.10 Å². The molecule has 0 aromatic heterocycles. The summed E-state index contributed by atoms with van der Waals surface area (Å²) in [7, 11) is 0.